The number of fused-ring (bicyclic) bond motifs is 1. The molecule has 0 N–H and O–H groups in total. The summed E-state index contributed by atoms with van der Waals surface area (Å²) in [7, 11) is 5.74. The van der Waals surface area contributed by atoms with Crippen LogP contribution in [0.25, 0.3) is 11.0 Å². The third kappa shape index (κ3) is 3.59. The summed E-state index contributed by atoms with van der Waals surface area (Å²) in [6.07, 6.45) is 2.74. The third-order valence-corrected chi connectivity index (χ3v) is 4.67. The molecule has 0 aliphatic rings. The molecule has 26 heavy (non-hydrogen) atoms. The van der Waals surface area contributed by atoms with Crippen LogP contribution in [0.1, 0.15) is 13.3 Å². The van der Waals surface area contributed by atoms with Crippen LogP contribution in [-0.2, 0) is 0 Å². The summed E-state index contributed by atoms with van der Waals surface area (Å²) in [5.41, 5.74) is 2.56. The minimum absolute atomic E-state index is 0.0649. The lowest BCUT2D eigenvalue weighted by Gasteiger charge is -2.36. The Bertz CT molecular complexity index is 900. The van der Waals surface area contributed by atoms with Gasteiger partial charge in [0.2, 0.25) is 0 Å². The van der Waals surface area contributed by atoms with Crippen molar-refractivity contribution in [1.82, 2.24) is 14.9 Å². The maximum atomic E-state index is 6.56. The number of halogens is 1. The summed E-state index contributed by atoms with van der Waals surface area (Å²) in [4.78, 5) is 13.7. The fraction of sp³-hybridized carbons (Fsp3) is 0.300. The Kier molecular flexibility index (Phi) is 5.59. The SMILES string of the molecule is CCC(N(C)C)N(c1cnc2ccccc2n1)c1cc(OC)ccc1Cl. The van der Waals surface area contributed by atoms with Crippen LogP contribution >= 0.6 is 11.6 Å². The van der Waals surface area contributed by atoms with Crippen molar-refractivity contribution in [3.63, 3.8) is 0 Å². The molecule has 0 radical (unpaired) electrons. The van der Waals surface area contributed by atoms with Gasteiger partial charge in [0.05, 0.1) is 41.2 Å². The topological polar surface area (TPSA) is 41.5 Å². The highest BCUT2D eigenvalue weighted by Crippen LogP contribution is 2.37. The summed E-state index contributed by atoms with van der Waals surface area (Å²) in [5.74, 6) is 1.50. The first-order chi connectivity index (χ1) is 12.5. The van der Waals surface area contributed by atoms with Gasteiger partial charge in [-0.05, 0) is 44.8 Å². The van der Waals surface area contributed by atoms with Crippen LogP contribution in [-0.4, -0.2) is 42.2 Å². The number of anilines is 2. The number of benzene rings is 2. The third-order valence-electron chi connectivity index (χ3n) is 4.35. The molecule has 1 atom stereocenters. The van der Waals surface area contributed by atoms with E-state index >= 15 is 0 Å². The number of para-hydroxylation sites is 2. The van der Waals surface area contributed by atoms with Gasteiger partial charge in [-0.3, -0.25) is 9.88 Å². The number of ether oxygens (including phenoxy) is 1. The molecule has 5 nitrogen and oxygen atoms in total. The largest absolute Gasteiger partial charge is 0.497 e. The predicted octanol–water partition coefficient (Wildman–Crippen LogP) is 4.73. The number of methoxy groups -OCH3 is 1. The van der Waals surface area contributed by atoms with Crippen molar-refractivity contribution in [3.05, 3.63) is 53.7 Å². The second-order valence-corrected chi connectivity index (χ2v) is 6.66. The standard InChI is InChI=1S/C20H23ClN4O/c1-5-20(24(2)3)25(18-12-14(26-4)10-11-15(18)21)19-13-22-16-8-6-7-9-17(16)23-19/h6-13,20H,5H2,1-4H3. The maximum absolute atomic E-state index is 6.56. The minimum atomic E-state index is 0.0649. The highest BCUT2D eigenvalue weighted by atomic mass is 35.5. The van der Waals surface area contributed by atoms with E-state index in [0.717, 1.165) is 34.7 Å². The highest BCUT2D eigenvalue weighted by molar-refractivity contribution is 6.33. The number of hydrogen-bond acceptors (Lipinski definition) is 5. The molecule has 2 aromatic carbocycles. The molecule has 0 saturated heterocycles. The Hall–Kier alpha value is -2.37. The quantitative estimate of drug-likeness (QED) is 0.587. The summed E-state index contributed by atoms with van der Waals surface area (Å²) in [6.45, 7) is 2.14. The molecule has 6 heteroatoms. The first kappa shape index (κ1) is 18.4. The van der Waals surface area contributed by atoms with Gasteiger partial charge < -0.3 is 9.64 Å². The molecule has 1 heterocycles. The van der Waals surface area contributed by atoms with Crippen LogP contribution in [0.15, 0.2) is 48.7 Å². The molecule has 0 aliphatic heterocycles. The zero-order valence-electron chi connectivity index (χ0n) is 15.5. The van der Waals surface area contributed by atoms with Gasteiger partial charge in [-0.15, -0.1) is 0 Å². The minimum Gasteiger partial charge on any atom is -0.497 e. The van der Waals surface area contributed by atoms with Crippen LogP contribution in [0.4, 0.5) is 11.5 Å². The highest BCUT2D eigenvalue weighted by Gasteiger charge is 2.25. The van der Waals surface area contributed by atoms with Crippen molar-refractivity contribution >= 4 is 34.1 Å². The lowest BCUT2D eigenvalue weighted by Crippen LogP contribution is -2.42. The first-order valence-electron chi connectivity index (χ1n) is 8.56. The van der Waals surface area contributed by atoms with Crippen molar-refractivity contribution in [2.45, 2.75) is 19.5 Å². The Morgan fingerprint density at radius 1 is 1.12 bits per heavy atom. The number of rotatable bonds is 6. The van der Waals surface area contributed by atoms with Gasteiger partial charge in [0.25, 0.3) is 0 Å². The Morgan fingerprint density at radius 2 is 1.85 bits per heavy atom. The smallest absolute Gasteiger partial charge is 0.153 e. The van der Waals surface area contributed by atoms with E-state index in [0.29, 0.717) is 5.02 Å². The number of nitrogens with zero attached hydrogens (tertiary/aromatic N) is 4. The van der Waals surface area contributed by atoms with Gasteiger partial charge in [0, 0.05) is 6.07 Å². The molecule has 0 amide bonds. The van der Waals surface area contributed by atoms with Crippen LogP contribution in [0.2, 0.25) is 5.02 Å². The number of aromatic nitrogens is 2. The van der Waals surface area contributed by atoms with Gasteiger partial charge >= 0.3 is 0 Å². The molecule has 3 rings (SSSR count). The Morgan fingerprint density at radius 3 is 2.50 bits per heavy atom. The summed E-state index contributed by atoms with van der Waals surface area (Å²) >= 11 is 6.56. The average molecular weight is 371 g/mol. The van der Waals surface area contributed by atoms with Gasteiger partial charge in [-0.25, -0.2) is 4.98 Å². The second kappa shape index (κ2) is 7.89. The summed E-state index contributed by atoms with van der Waals surface area (Å²) in [5, 5.41) is 0.640. The predicted molar refractivity (Wildman–Crippen MR) is 107 cm³/mol. The zero-order chi connectivity index (χ0) is 18.7. The van der Waals surface area contributed by atoms with E-state index in [-0.39, 0.29) is 6.17 Å². The van der Waals surface area contributed by atoms with Crippen LogP contribution in [0, 0.1) is 0 Å². The van der Waals surface area contributed by atoms with E-state index in [4.69, 9.17) is 21.3 Å². The molecule has 0 aliphatic carbocycles. The lowest BCUT2D eigenvalue weighted by molar-refractivity contribution is 0.289. The fourth-order valence-corrected chi connectivity index (χ4v) is 3.29. The van der Waals surface area contributed by atoms with Crippen molar-refractivity contribution in [2.24, 2.45) is 0 Å². The summed E-state index contributed by atoms with van der Waals surface area (Å²) in [6, 6.07) is 13.5. The van der Waals surface area contributed by atoms with Gasteiger partial charge in [0.1, 0.15) is 5.75 Å². The number of hydrogen-bond donors (Lipinski definition) is 0. The Labute approximate surface area is 159 Å². The van der Waals surface area contributed by atoms with E-state index in [1.807, 2.05) is 56.6 Å². The molecule has 3 aromatic rings. The van der Waals surface area contributed by atoms with E-state index in [1.54, 1.807) is 13.3 Å². The van der Waals surface area contributed by atoms with Crippen molar-refractivity contribution in [2.75, 3.05) is 26.1 Å². The molecule has 0 bridgehead atoms. The van der Waals surface area contributed by atoms with E-state index in [9.17, 15) is 0 Å². The van der Waals surface area contributed by atoms with E-state index < -0.39 is 0 Å². The van der Waals surface area contributed by atoms with E-state index in [1.165, 1.54) is 0 Å². The maximum Gasteiger partial charge on any atom is 0.153 e. The molecular weight excluding hydrogens is 348 g/mol. The monoisotopic (exact) mass is 370 g/mol. The van der Waals surface area contributed by atoms with Crippen molar-refractivity contribution in [3.8, 4) is 5.75 Å². The van der Waals surface area contributed by atoms with Gasteiger partial charge in [-0.2, -0.15) is 0 Å². The molecular formula is C20H23ClN4O. The molecule has 1 unspecified atom stereocenters. The fourth-order valence-electron chi connectivity index (χ4n) is 3.08. The summed E-state index contributed by atoms with van der Waals surface area (Å²) < 4.78 is 5.41. The van der Waals surface area contributed by atoms with Gasteiger partial charge in [0.15, 0.2) is 5.82 Å². The van der Waals surface area contributed by atoms with Crippen LogP contribution < -0.4 is 9.64 Å². The lowest BCUT2D eigenvalue weighted by atomic mass is 10.2. The van der Waals surface area contributed by atoms with E-state index in [2.05, 4.69) is 21.7 Å². The Balaban J connectivity index is 2.20. The van der Waals surface area contributed by atoms with Gasteiger partial charge in [-0.1, -0.05) is 30.7 Å². The first-order valence-corrected chi connectivity index (χ1v) is 8.94. The molecule has 0 saturated carbocycles. The van der Waals surface area contributed by atoms with Crippen molar-refractivity contribution < 1.29 is 4.74 Å². The van der Waals surface area contributed by atoms with Crippen LogP contribution in [0.3, 0.4) is 0 Å². The second-order valence-electron chi connectivity index (χ2n) is 6.26. The molecule has 0 fully saturated rings. The van der Waals surface area contributed by atoms with Crippen molar-refractivity contribution in [1.29, 1.82) is 0 Å². The molecule has 0 spiro atoms. The van der Waals surface area contributed by atoms with Crippen LogP contribution in [0.5, 0.6) is 5.75 Å². The normalized spacial score (nSPS) is 12.4. The molecule has 136 valence electrons. The average Bonchev–Trinajstić information content (AvgIpc) is 2.66. The molecule has 1 aromatic heterocycles. The zero-order valence-corrected chi connectivity index (χ0v) is 16.2.